The van der Waals surface area contributed by atoms with Crippen molar-refractivity contribution in [3.05, 3.63) is 98.4 Å². The maximum absolute atomic E-state index is 13.8. The molecule has 0 fully saturated rings. The van der Waals surface area contributed by atoms with Crippen LogP contribution in [0.3, 0.4) is 0 Å². The molecule has 188 valence electrons. The Morgan fingerprint density at radius 2 is 1.95 bits per heavy atom. The molecule has 0 aliphatic carbocycles. The second kappa shape index (κ2) is 9.67. The highest BCUT2D eigenvalue weighted by molar-refractivity contribution is 7.17. The minimum atomic E-state index is -0.804. The molecule has 1 amide bonds. The fourth-order valence-corrected chi connectivity index (χ4v) is 5.37. The molecule has 1 aliphatic heterocycles. The van der Waals surface area contributed by atoms with E-state index < -0.39 is 17.9 Å². The third kappa shape index (κ3) is 4.21. The van der Waals surface area contributed by atoms with Crippen molar-refractivity contribution < 1.29 is 23.5 Å². The number of hydrogen-bond donors (Lipinski definition) is 0. The summed E-state index contributed by atoms with van der Waals surface area (Å²) in [5.74, 6) is -0.434. The van der Waals surface area contributed by atoms with E-state index in [1.54, 1.807) is 31.2 Å². The van der Waals surface area contributed by atoms with Crippen LogP contribution < -0.4 is 15.1 Å². The summed E-state index contributed by atoms with van der Waals surface area (Å²) in [7, 11) is 0. The van der Waals surface area contributed by atoms with Crippen LogP contribution in [0.1, 0.15) is 55.6 Å². The molecule has 8 nitrogen and oxygen atoms in total. The number of thiazole rings is 1. The Kier molecular flexibility index (Phi) is 6.39. The molecule has 2 aromatic carbocycles. The number of carbonyl (C=O) groups excluding carboxylic acids is 2. The van der Waals surface area contributed by atoms with Crippen LogP contribution in [0.4, 0.5) is 5.13 Å². The second-order valence-corrected chi connectivity index (χ2v) is 9.53. The van der Waals surface area contributed by atoms with Crippen LogP contribution >= 0.6 is 11.3 Å². The predicted molar refractivity (Wildman–Crippen MR) is 141 cm³/mol. The maximum Gasteiger partial charge on any atom is 0.350 e. The lowest BCUT2D eigenvalue weighted by Gasteiger charge is -2.22. The summed E-state index contributed by atoms with van der Waals surface area (Å²) in [6, 6.07) is 11.7. The number of carbonyl (C=O) groups is 2. The number of amides is 1. The van der Waals surface area contributed by atoms with E-state index in [9.17, 15) is 14.4 Å². The van der Waals surface area contributed by atoms with Crippen molar-refractivity contribution in [2.45, 2.75) is 26.8 Å². The summed E-state index contributed by atoms with van der Waals surface area (Å²) in [5.41, 5.74) is 2.28. The predicted octanol–water partition coefficient (Wildman–Crippen LogP) is 5.36. The van der Waals surface area contributed by atoms with E-state index in [1.165, 1.54) is 11.0 Å². The molecule has 1 unspecified atom stereocenters. The molecule has 5 rings (SSSR count). The summed E-state index contributed by atoms with van der Waals surface area (Å²) in [6.07, 6.45) is 1.47. The maximum atomic E-state index is 13.8. The molecule has 0 radical (unpaired) electrons. The Bertz CT molecular complexity index is 1600. The van der Waals surface area contributed by atoms with Gasteiger partial charge in [0.1, 0.15) is 22.8 Å². The van der Waals surface area contributed by atoms with Crippen LogP contribution in [-0.2, 0) is 4.74 Å². The molecule has 3 heterocycles. The van der Waals surface area contributed by atoms with E-state index in [0.717, 1.165) is 16.9 Å². The molecule has 0 saturated carbocycles. The van der Waals surface area contributed by atoms with Gasteiger partial charge in [-0.2, -0.15) is 0 Å². The van der Waals surface area contributed by atoms with E-state index in [2.05, 4.69) is 11.6 Å². The summed E-state index contributed by atoms with van der Waals surface area (Å²) in [5, 5.41) is 0.659. The summed E-state index contributed by atoms with van der Waals surface area (Å²) < 4.78 is 16.8. The molecule has 0 bridgehead atoms. The number of ether oxygens (including phenoxy) is 2. The number of fused-ring (bicyclic) bond motifs is 2. The molecule has 2 aromatic heterocycles. The zero-order chi connectivity index (χ0) is 26.3. The van der Waals surface area contributed by atoms with Crippen molar-refractivity contribution in [3.8, 4) is 5.75 Å². The Balaban J connectivity index is 1.70. The number of esters is 1. The van der Waals surface area contributed by atoms with Crippen LogP contribution in [0, 0.1) is 13.8 Å². The minimum absolute atomic E-state index is 0.0381. The fraction of sp³-hybridized carbons (Fsp3) is 0.214. The first-order valence-electron chi connectivity index (χ1n) is 11.7. The molecule has 4 aromatic rings. The number of rotatable bonds is 7. The average molecular weight is 517 g/mol. The van der Waals surface area contributed by atoms with E-state index in [1.807, 2.05) is 32.0 Å². The first-order chi connectivity index (χ1) is 17.8. The molecule has 9 heteroatoms. The quantitative estimate of drug-likeness (QED) is 0.241. The van der Waals surface area contributed by atoms with Gasteiger partial charge in [0.2, 0.25) is 5.76 Å². The molecule has 0 saturated heterocycles. The standard InChI is InChI=1S/C28H24N2O6S/c1-5-13-35-27(33)25-16(4)29-28(37-25)30-22(17-8-10-18(11-9-17)34-6-2)21-23(31)19-14-15(3)7-12-20(19)36-24(21)26(30)32/h5,7-12,14,22H,1,6,13H2,2-4H3. The van der Waals surface area contributed by atoms with E-state index >= 15 is 0 Å². The van der Waals surface area contributed by atoms with Crippen LogP contribution in [0.25, 0.3) is 11.0 Å². The highest BCUT2D eigenvalue weighted by atomic mass is 32.1. The largest absolute Gasteiger partial charge is 0.494 e. The first kappa shape index (κ1) is 24.5. The van der Waals surface area contributed by atoms with Crippen LogP contribution in [0.5, 0.6) is 5.75 Å². The summed E-state index contributed by atoms with van der Waals surface area (Å²) in [6.45, 7) is 9.57. The van der Waals surface area contributed by atoms with Gasteiger partial charge in [-0.3, -0.25) is 14.5 Å². The van der Waals surface area contributed by atoms with Crippen molar-refractivity contribution in [2.24, 2.45) is 0 Å². The molecule has 1 atom stereocenters. The van der Waals surface area contributed by atoms with Gasteiger partial charge < -0.3 is 13.9 Å². The summed E-state index contributed by atoms with van der Waals surface area (Å²) >= 11 is 1.03. The zero-order valence-corrected chi connectivity index (χ0v) is 21.4. The van der Waals surface area contributed by atoms with Gasteiger partial charge in [0.05, 0.1) is 29.3 Å². The number of nitrogens with zero attached hydrogens (tertiary/aromatic N) is 2. The van der Waals surface area contributed by atoms with Crippen LogP contribution in [0.2, 0.25) is 0 Å². The number of hydrogen-bond acceptors (Lipinski definition) is 8. The molecular weight excluding hydrogens is 492 g/mol. The minimum Gasteiger partial charge on any atom is -0.494 e. The average Bonchev–Trinajstić information content (AvgIpc) is 3.41. The molecule has 0 N–H and O–H groups in total. The number of aromatic nitrogens is 1. The number of anilines is 1. The third-order valence-electron chi connectivity index (χ3n) is 6.04. The van der Waals surface area contributed by atoms with E-state index in [0.29, 0.717) is 34.6 Å². The molecule has 37 heavy (non-hydrogen) atoms. The van der Waals surface area contributed by atoms with Crippen molar-refractivity contribution in [1.29, 1.82) is 0 Å². The number of aryl methyl sites for hydroxylation is 2. The lowest BCUT2D eigenvalue weighted by molar-refractivity contribution is 0.0554. The van der Waals surface area contributed by atoms with Gasteiger partial charge >= 0.3 is 5.97 Å². The third-order valence-corrected chi connectivity index (χ3v) is 7.18. The van der Waals surface area contributed by atoms with Crippen molar-refractivity contribution in [1.82, 2.24) is 4.98 Å². The van der Waals surface area contributed by atoms with Gasteiger partial charge in [-0.1, -0.05) is 47.8 Å². The first-order valence-corrected chi connectivity index (χ1v) is 12.5. The highest BCUT2D eigenvalue weighted by Gasteiger charge is 2.45. The van der Waals surface area contributed by atoms with Crippen LogP contribution in [-0.4, -0.2) is 30.1 Å². The monoisotopic (exact) mass is 516 g/mol. The van der Waals surface area contributed by atoms with Gasteiger partial charge in [0, 0.05) is 0 Å². The zero-order valence-electron chi connectivity index (χ0n) is 20.6. The lowest BCUT2D eigenvalue weighted by Crippen LogP contribution is -2.29. The number of benzene rings is 2. The van der Waals surface area contributed by atoms with Crippen molar-refractivity contribution >= 4 is 39.3 Å². The van der Waals surface area contributed by atoms with Gasteiger partial charge in [-0.25, -0.2) is 9.78 Å². The lowest BCUT2D eigenvalue weighted by atomic mass is 9.98. The SMILES string of the molecule is C=CCOC(=O)c1sc(N2C(=O)c3oc4ccc(C)cc4c(=O)c3C2c2ccc(OCC)cc2)nc1C. The van der Waals surface area contributed by atoms with Crippen LogP contribution in [0.15, 0.2) is 64.3 Å². The topological polar surface area (TPSA) is 98.9 Å². The Hall–Kier alpha value is -4.24. The van der Waals surface area contributed by atoms with Crippen molar-refractivity contribution in [2.75, 3.05) is 18.1 Å². The Morgan fingerprint density at radius 1 is 1.19 bits per heavy atom. The Labute approximate surface area is 216 Å². The fourth-order valence-electron chi connectivity index (χ4n) is 4.39. The van der Waals surface area contributed by atoms with Crippen molar-refractivity contribution in [3.63, 3.8) is 0 Å². The Morgan fingerprint density at radius 3 is 2.65 bits per heavy atom. The smallest absolute Gasteiger partial charge is 0.350 e. The van der Waals surface area contributed by atoms with E-state index in [4.69, 9.17) is 13.9 Å². The van der Waals surface area contributed by atoms with Gasteiger partial charge in [0.15, 0.2) is 10.6 Å². The molecule has 0 spiro atoms. The second-order valence-electron chi connectivity index (χ2n) is 8.55. The van der Waals surface area contributed by atoms with E-state index in [-0.39, 0.29) is 33.4 Å². The normalized spacial score (nSPS) is 14.6. The van der Waals surface area contributed by atoms with Gasteiger partial charge in [-0.15, -0.1) is 0 Å². The molecule has 1 aliphatic rings. The molecular formula is C28H24N2O6S. The summed E-state index contributed by atoms with van der Waals surface area (Å²) in [4.78, 5) is 46.3. The highest BCUT2D eigenvalue weighted by Crippen LogP contribution is 2.43. The van der Waals surface area contributed by atoms with Gasteiger partial charge in [0.25, 0.3) is 5.91 Å². The van der Waals surface area contributed by atoms with Gasteiger partial charge in [-0.05, 0) is 50.6 Å².